The van der Waals surface area contributed by atoms with E-state index in [1.165, 1.54) is 0 Å². The lowest BCUT2D eigenvalue weighted by molar-refractivity contribution is 0.0481. The Hall–Kier alpha value is -2.66. The number of ether oxygens (including phenoxy) is 1. The molecule has 120 valence electrons. The van der Waals surface area contributed by atoms with E-state index in [-0.39, 0.29) is 18.8 Å². The van der Waals surface area contributed by atoms with Crippen molar-refractivity contribution in [1.29, 1.82) is 0 Å². The van der Waals surface area contributed by atoms with E-state index < -0.39 is 11.9 Å². The van der Waals surface area contributed by atoms with E-state index in [0.29, 0.717) is 17.5 Å². The van der Waals surface area contributed by atoms with Crippen molar-refractivity contribution in [3.05, 3.63) is 59.2 Å². The Morgan fingerprint density at radius 3 is 2.39 bits per heavy atom. The zero-order chi connectivity index (χ0) is 16.8. The molecule has 2 N–H and O–H groups in total. The number of carbonyl (C=O) groups excluding carboxylic acids is 1. The Morgan fingerprint density at radius 2 is 1.78 bits per heavy atom. The fraction of sp³-hybridized carbons (Fsp3) is 0.222. The maximum atomic E-state index is 11.8. The molecule has 0 aliphatic carbocycles. The summed E-state index contributed by atoms with van der Waals surface area (Å²) in [5, 5.41) is 18.0. The molecular formula is C18H18O5. The van der Waals surface area contributed by atoms with E-state index in [1.54, 1.807) is 42.5 Å². The van der Waals surface area contributed by atoms with Crippen molar-refractivity contribution >= 4 is 11.9 Å². The van der Waals surface area contributed by atoms with Gasteiger partial charge in [0.05, 0.1) is 17.7 Å². The van der Waals surface area contributed by atoms with Gasteiger partial charge in [-0.05, 0) is 36.2 Å². The third kappa shape index (κ3) is 4.17. The first-order valence-electron chi connectivity index (χ1n) is 7.25. The molecule has 2 aromatic rings. The summed E-state index contributed by atoms with van der Waals surface area (Å²) in [5.41, 5.74) is 2.89. The number of carboxylic acids is 1. The second-order valence-corrected chi connectivity index (χ2v) is 5.14. The van der Waals surface area contributed by atoms with Gasteiger partial charge in [0.15, 0.2) is 0 Å². The topological polar surface area (TPSA) is 83.8 Å². The molecule has 0 bridgehead atoms. The average Bonchev–Trinajstić information content (AvgIpc) is 2.54. The minimum atomic E-state index is -0.993. The summed E-state index contributed by atoms with van der Waals surface area (Å²) >= 11 is 0. The lowest BCUT2D eigenvalue weighted by Gasteiger charge is -2.09. The van der Waals surface area contributed by atoms with Crippen LogP contribution in [0.2, 0.25) is 0 Å². The lowest BCUT2D eigenvalue weighted by atomic mass is 9.97. The van der Waals surface area contributed by atoms with Crippen molar-refractivity contribution in [2.75, 3.05) is 13.2 Å². The summed E-state index contributed by atoms with van der Waals surface area (Å²) in [6.07, 6.45) is 0.398. The van der Waals surface area contributed by atoms with Gasteiger partial charge in [-0.1, -0.05) is 29.8 Å². The van der Waals surface area contributed by atoms with Crippen LogP contribution in [0, 0.1) is 6.92 Å². The first-order valence-corrected chi connectivity index (χ1v) is 7.25. The van der Waals surface area contributed by atoms with Crippen LogP contribution in [0.1, 0.15) is 32.7 Å². The van der Waals surface area contributed by atoms with Crippen LogP contribution in [0.4, 0.5) is 0 Å². The standard InChI is InChI=1S/C18H18O5/c1-12-3-8-15(17(20)21)16(11-12)13-4-6-14(7-5-13)18(22)23-10-2-9-19/h3-8,11,19H,2,9-10H2,1H3,(H,20,21). The van der Waals surface area contributed by atoms with Gasteiger partial charge in [-0.25, -0.2) is 9.59 Å². The van der Waals surface area contributed by atoms with Gasteiger partial charge in [0, 0.05) is 13.0 Å². The zero-order valence-electron chi connectivity index (χ0n) is 12.8. The zero-order valence-corrected chi connectivity index (χ0v) is 12.8. The van der Waals surface area contributed by atoms with E-state index in [1.807, 2.05) is 6.92 Å². The number of aryl methyl sites for hydroxylation is 1. The Bertz CT molecular complexity index is 704. The van der Waals surface area contributed by atoms with Gasteiger partial charge in [0.25, 0.3) is 0 Å². The summed E-state index contributed by atoms with van der Waals surface area (Å²) < 4.78 is 5.00. The number of esters is 1. The summed E-state index contributed by atoms with van der Waals surface area (Å²) in [6, 6.07) is 11.7. The van der Waals surface area contributed by atoms with Gasteiger partial charge in [0.2, 0.25) is 0 Å². The van der Waals surface area contributed by atoms with Crippen molar-refractivity contribution in [3.8, 4) is 11.1 Å². The number of aromatic carboxylic acids is 1. The molecule has 0 unspecified atom stereocenters. The second-order valence-electron chi connectivity index (χ2n) is 5.14. The minimum Gasteiger partial charge on any atom is -0.478 e. The van der Waals surface area contributed by atoms with Crippen molar-refractivity contribution in [3.63, 3.8) is 0 Å². The third-order valence-corrected chi connectivity index (χ3v) is 3.37. The van der Waals surface area contributed by atoms with E-state index in [0.717, 1.165) is 11.1 Å². The molecule has 0 heterocycles. The molecule has 0 aliphatic heterocycles. The predicted molar refractivity (Wildman–Crippen MR) is 85.6 cm³/mol. The molecule has 5 heteroatoms. The highest BCUT2D eigenvalue weighted by atomic mass is 16.5. The van der Waals surface area contributed by atoms with Crippen LogP contribution in [0.15, 0.2) is 42.5 Å². The summed E-state index contributed by atoms with van der Waals surface area (Å²) in [6.45, 7) is 2.03. The molecule has 5 nitrogen and oxygen atoms in total. The first kappa shape index (κ1) is 16.7. The highest BCUT2D eigenvalue weighted by Crippen LogP contribution is 2.25. The summed E-state index contributed by atoms with van der Waals surface area (Å²) in [7, 11) is 0. The summed E-state index contributed by atoms with van der Waals surface area (Å²) in [4.78, 5) is 23.1. The van der Waals surface area contributed by atoms with Crippen LogP contribution in [-0.4, -0.2) is 35.4 Å². The van der Waals surface area contributed by atoms with Crippen LogP contribution in [0.25, 0.3) is 11.1 Å². The van der Waals surface area contributed by atoms with Crippen LogP contribution >= 0.6 is 0 Å². The number of benzene rings is 2. The molecule has 0 fully saturated rings. The highest BCUT2D eigenvalue weighted by Gasteiger charge is 2.13. The average molecular weight is 314 g/mol. The summed E-state index contributed by atoms with van der Waals surface area (Å²) in [5.74, 6) is -1.46. The van der Waals surface area contributed by atoms with Crippen molar-refractivity contribution in [2.24, 2.45) is 0 Å². The maximum Gasteiger partial charge on any atom is 0.338 e. The SMILES string of the molecule is Cc1ccc(C(=O)O)c(-c2ccc(C(=O)OCCCO)cc2)c1. The molecule has 0 atom stereocenters. The van der Waals surface area contributed by atoms with Crippen LogP contribution in [-0.2, 0) is 4.74 Å². The molecular weight excluding hydrogens is 296 g/mol. The van der Waals surface area contributed by atoms with Gasteiger partial charge in [-0.3, -0.25) is 0 Å². The largest absolute Gasteiger partial charge is 0.478 e. The number of aliphatic hydroxyl groups excluding tert-OH is 1. The smallest absolute Gasteiger partial charge is 0.338 e. The quantitative estimate of drug-likeness (QED) is 0.632. The predicted octanol–water partition coefficient (Wildman–Crippen LogP) is 2.90. The number of hydrogen-bond donors (Lipinski definition) is 2. The van der Waals surface area contributed by atoms with Gasteiger partial charge >= 0.3 is 11.9 Å². The molecule has 2 rings (SSSR count). The number of hydrogen-bond acceptors (Lipinski definition) is 4. The van der Waals surface area contributed by atoms with Crippen molar-refractivity contribution < 1.29 is 24.5 Å². The van der Waals surface area contributed by atoms with Crippen LogP contribution in [0.5, 0.6) is 0 Å². The Morgan fingerprint density at radius 1 is 1.09 bits per heavy atom. The molecule has 0 aliphatic rings. The van der Waals surface area contributed by atoms with E-state index in [4.69, 9.17) is 9.84 Å². The molecule has 0 amide bonds. The molecule has 0 aromatic heterocycles. The molecule has 0 saturated carbocycles. The molecule has 23 heavy (non-hydrogen) atoms. The van der Waals surface area contributed by atoms with Gasteiger partial charge in [-0.15, -0.1) is 0 Å². The highest BCUT2D eigenvalue weighted by molar-refractivity contribution is 5.97. The van der Waals surface area contributed by atoms with Crippen molar-refractivity contribution in [2.45, 2.75) is 13.3 Å². The number of rotatable bonds is 6. The Labute approximate surface area is 134 Å². The normalized spacial score (nSPS) is 10.3. The Kier molecular flexibility index (Phi) is 5.49. The third-order valence-electron chi connectivity index (χ3n) is 3.37. The van der Waals surface area contributed by atoms with Gasteiger partial charge in [0.1, 0.15) is 0 Å². The number of carboxylic acid groups (broad SMARTS) is 1. The monoisotopic (exact) mass is 314 g/mol. The second kappa shape index (κ2) is 7.56. The Balaban J connectivity index is 2.25. The van der Waals surface area contributed by atoms with Gasteiger partial charge in [-0.2, -0.15) is 0 Å². The maximum absolute atomic E-state index is 11.8. The van der Waals surface area contributed by atoms with E-state index >= 15 is 0 Å². The molecule has 2 aromatic carbocycles. The molecule has 0 radical (unpaired) electrons. The number of aliphatic hydroxyl groups is 1. The fourth-order valence-corrected chi connectivity index (χ4v) is 2.18. The van der Waals surface area contributed by atoms with Gasteiger partial charge < -0.3 is 14.9 Å². The van der Waals surface area contributed by atoms with E-state index in [9.17, 15) is 14.7 Å². The molecule has 0 saturated heterocycles. The van der Waals surface area contributed by atoms with E-state index in [2.05, 4.69) is 0 Å². The van der Waals surface area contributed by atoms with Crippen molar-refractivity contribution in [1.82, 2.24) is 0 Å². The number of carbonyl (C=O) groups is 2. The fourth-order valence-electron chi connectivity index (χ4n) is 2.18. The first-order chi connectivity index (χ1) is 11.0. The lowest BCUT2D eigenvalue weighted by Crippen LogP contribution is -2.07. The molecule has 0 spiro atoms. The van der Waals surface area contributed by atoms with Crippen LogP contribution < -0.4 is 0 Å². The van der Waals surface area contributed by atoms with Crippen LogP contribution in [0.3, 0.4) is 0 Å². The minimum absolute atomic E-state index is 0.0302.